The van der Waals surface area contributed by atoms with E-state index in [1.165, 1.54) is 12.0 Å². The summed E-state index contributed by atoms with van der Waals surface area (Å²) in [6.07, 6.45) is 10.3. The van der Waals surface area contributed by atoms with Crippen molar-refractivity contribution in [2.45, 2.75) is 153 Å². The fourth-order valence-corrected chi connectivity index (χ4v) is 12.2. The predicted octanol–water partition coefficient (Wildman–Crippen LogP) is 9.68. The molecule has 0 aromatic rings. The van der Waals surface area contributed by atoms with Crippen molar-refractivity contribution in [3.63, 3.8) is 0 Å². The highest BCUT2D eigenvalue weighted by Gasteiger charge is 2.69. The topological polar surface area (TPSA) is 69.7 Å². The van der Waals surface area contributed by atoms with E-state index in [2.05, 4.69) is 61.1 Å². The maximum atomic E-state index is 13.4. The third kappa shape index (κ3) is 5.37. The molecule has 0 spiro atoms. The van der Waals surface area contributed by atoms with Gasteiger partial charge in [0.2, 0.25) is 0 Å². The standard InChI is InChI=1S/C41H64O5/c1-14-25-22-41(13)27(34-26(25)21-28(42)33(34)24(2)3)15-16-30-39(11)19-18-31(38(9,10)29(39)17-20-40(30,41)12)45-32(43)23-37(7,8)35(44)46-36(4,5)6/h14,24-27,29-31H,1,15-23H2,2-13H3/t25-,26?,27+,29-,30+,31-,39-,40+,41+/m0/s1. The summed E-state index contributed by atoms with van der Waals surface area (Å²) in [7, 11) is 0. The van der Waals surface area contributed by atoms with Gasteiger partial charge in [0.15, 0.2) is 5.78 Å². The lowest BCUT2D eigenvalue weighted by Crippen LogP contribution is -2.65. The minimum atomic E-state index is -0.949. The molecule has 0 radical (unpaired) electrons. The highest BCUT2D eigenvalue weighted by Crippen LogP contribution is 2.76. The van der Waals surface area contributed by atoms with Gasteiger partial charge in [0.25, 0.3) is 0 Å². The molecule has 1 unspecified atom stereocenters. The van der Waals surface area contributed by atoms with Gasteiger partial charge in [0.05, 0.1) is 11.8 Å². The lowest BCUT2D eigenvalue weighted by Gasteiger charge is -2.72. The lowest BCUT2D eigenvalue weighted by atomic mass is 9.33. The van der Waals surface area contributed by atoms with Crippen LogP contribution in [0.3, 0.4) is 0 Å². The predicted molar refractivity (Wildman–Crippen MR) is 184 cm³/mol. The van der Waals surface area contributed by atoms with Gasteiger partial charge in [0.1, 0.15) is 11.7 Å². The number of hydrogen-bond donors (Lipinski definition) is 0. The quantitative estimate of drug-likeness (QED) is 0.214. The van der Waals surface area contributed by atoms with Gasteiger partial charge in [-0.3, -0.25) is 14.4 Å². The van der Waals surface area contributed by atoms with Crippen LogP contribution in [0, 0.1) is 62.6 Å². The van der Waals surface area contributed by atoms with E-state index >= 15 is 0 Å². The average Bonchev–Trinajstić information content (AvgIpc) is 3.26. The Morgan fingerprint density at radius 2 is 1.59 bits per heavy atom. The first kappa shape index (κ1) is 35.4. The molecule has 9 atom stereocenters. The van der Waals surface area contributed by atoms with Gasteiger partial charge in [-0.25, -0.2) is 0 Å². The van der Waals surface area contributed by atoms with Gasteiger partial charge in [-0.1, -0.05) is 60.1 Å². The molecule has 0 aromatic heterocycles. The first-order chi connectivity index (χ1) is 21.0. The van der Waals surface area contributed by atoms with Crippen LogP contribution in [0.25, 0.3) is 0 Å². The van der Waals surface area contributed by atoms with Crippen LogP contribution in [0.5, 0.6) is 0 Å². The summed E-state index contributed by atoms with van der Waals surface area (Å²) in [6, 6.07) is 0. The normalized spacial score (nSPS) is 40.4. The van der Waals surface area contributed by atoms with Crippen molar-refractivity contribution in [1.29, 1.82) is 0 Å². The first-order valence-electron chi connectivity index (χ1n) is 18.4. The number of allylic oxidation sites excluding steroid dienone is 3. The first-order valence-corrected chi connectivity index (χ1v) is 18.4. The van der Waals surface area contributed by atoms with Gasteiger partial charge in [-0.15, -0.1) is 6.58 Å². The molecule has 0 amide bonds. The number of carbonyl (C=O) groups excluding carboxylic acids is 3. The van der Waals surface area contributed by atoms with Crippen molar-refractivity contribution in [3.05, 3.63) is 23.8 Å². The summed E-state index contributed by atoms with van der Waals surface area (Å²) >= 11 is 0. The highest BCUT2D eigenvalue weighted by atomic mass is 16.6. The van der Waals surface area contributed by atoms with Crippen LogP contribution in [0.4, 0.5) is 0 Å². The van der Waals surface area contributed by atoms with Gasteiger partial charge in [-0.2, -0.15) is 0 Å². The fourth-order valence-electron chi connectivity index (χ4n) is 12.2. The third-order valence-corrected chi connectivity index (χ3v) is 14.5. The zero-order chi connectivity index (χ0) is 34.4. The summed E-state index contributed by atoms with van der Waals surface area (Å²) in [5.74, 6) is 2.17. The number of ketones is 1. The Hall–Kier alpha value is -1.91. The molecule has 0 heterocycles. The molecule has 5 aliphatic carbocycles. The highest BCUT2D eigenvalue weighted by molar-refractivity contribution is 6.00. The molecule has 5 heteroatoms. The number of carbonyl (C=O) groups is 3. The summed E-state index contributed by atoms with van der Waals surface area (Å²) in [4.78, 5) is 39.7. The van der Waals surface area contributed by atoms with E-state index in [0.29, 0.717) is 41.8 Å². The van der Waals surface area contributed by atoms with Crippen LogP contribution in [0.1, 0.15) is 141 Å². The molecular formula is C41H64O5. The summed E-state index contributed by atoms with van der Waals surface area (Å²) in [5, 5.41) is 0. The fraction of sp³-hybridized carbons (Fsp3) is 0.829. The Labute approximate surface area is 280 Å². The van der Waals surface area contributed by atoms with E-state index in [-0.39, 0.29) is 52.0 Å². The number of esters is 2. The third-order valence-electron chi connectivity index (χ3n) is 14.5. The monoisotopic (exact) mass is 636 g/mol. The van der Waals surface area contributed by atoms with Crippen molar-refractivity contribution in [3.8, 4) is 0 Å². The Balaban J connectivity index is 1.39. The van der Waals surface area contributed by atoms with Crippen LogP contribution < -0.4 is 0 Å². The minimum absolute atomic E-state index is 0.0129. The van der Waals surface area contributed by atoms with E-state index in [9.17, 15) is 14.4 Å². The summed E-state index contributed by atoms with van der Waals surface area (Å²) in [6.45, 7) is 30.2. The zero-order valence-electron chi connectivity index (χ0n) is 31.2. The molecule has 5 aliphatic rings. The zero-order valence-corrected chi connectivity index (χ0v) is 31.2. The maximum absolute atomic E-state index is 13.4. The Bertz CT molecular complexity index is 1310. The average molecular weight is 637 g/mol. The number of hydrogen-bond acceptors (Lipinski definition) is 5. The van der Waals surface area contributed by atoms with Crippen molar-refractivity contribution >= 4 is 17.7 Å². The van der Waals surface area contributed by atoms with Gasteiger partial charge < -0.3 is 9.47 Å². The molecule has 4 saturated carbocycles. The van der Waals surface area contributed by atoms with Crippen molar-refractivity contribution in [1.82, 2.24) is 0 Å². The van der Waals surface area contributed by atoms with Crippen LogP contribution >= 0.6 is 0 Å². The Morgan fingerprint density at radius 3 is 2.17 bits per heavy atom. The van der Waals surface area contributed by atoms with E-state index in [0.717, 1.165) is 44.1 Å². The number of rotatable bonds is 6. The molecular weight excluding hydrogens is 572 g/mol. The second kappa shape index (κ2) is 11.3. The van der Waals surface area contributed by atoms with Crippen molar-refractivity contribution in [2.24, 2.45) is 62.6 Å². The second-order valence-corrected chi connectivity index (χ2v) is 19.4. The van der Waals surface area contributed by atoms with Gasteiger partial charge in [0, 0.05) is 11.8 Å². The van der Waals surface area contributed by atoms with Gasteiger partial charge in [-0.05, 0) is 137 Å². The Kier molecular flexibility index (Phi) is 8.72. The SMILES string of the molecule is C=C[C@H]1C[C@]2(C)[C@H](CC[C@@H]3[C@@]4(C)CC[C@H](OC(=O)CC(C)(C)C(=O)OC(C)(C)C)C(C)(C)[C@@H]4CC[C@]32C)C2=C(C(C)C)C(=O)CC21. The smallest absolute Gasteiger partial charge is 0.312 e. The molecule has 0 aromatic carbocycles. The molecule has 258 valence electrons. The second-order valence-electron chi connectivity index (χ2n) is 19.4. The maximum Gasteiger partial charge on any atom is 0.312 e. The lowest BCUT2D eigenvalue weighted by molar-refractivity contribution is -0.233. The molecule has 5 nitrogen and oxygen atoms in total. The molecule has 0 aliphatic heterocycles. The van der Waals surface area contributed by atoms with E-state index < -0.39 is 11.0 Å². The molecule has 0 N–H and O–H groups in total. The summed E-state index contributed by atoms with van der Waals surface area (Å²) in [5.41, 5.74) is 1.34. The minimum Gasteiger partial charge on any atom is -0.462 e. The van der Waals surface area contributed by atoms with E-state index in [1.807, 2.05) is 20.8 Å². The van der Waals surface area contributed by atoms with E-state index in [1.54, 1.807) is 13.8 Å². The Morgan fingerprint density at radius 1 is 0.935 bits per heavy atom. The molecule has 0 saturated heterocycles. The number of fused-ring (bicyclic) bond motifs is 7. The van der Waals surface area contributed by atoms with Crippen LogP contribution in [-0.4, -0.2) is 29.4 Å². The molecule has 0 bridgehead atoms. The van der Waals surface area contributed by atoms with Crippen LogP contribution in [0.2, 0.25) is 0 Å². The van der Waals surface area contributed by atoms with Crippen molar-refractivity contribution < 1.29 is 23.9 Å². The van der Waals surface area contributed by atoms with E-state index in [4.69, 9.17) is 9.47 Å². The van der Waals surface area contributed by atoms with Crippen LogP contribution in [0.15, 0.2) is 23.8 Å². The summed E-state index contributed by atoms with van der Waals surface area (Å²) < 4.78 is 11.9. The van der Waals surface area contributed by atoms with Crippen molar-refractivity contribution in [2.75, 3.05) is 0 Å². The molecule has 4 fully saturated rings. The number of Topliss-reactive ketones (excluding diaryl/α,β-unsaturated/α-hetero) is 1. The molecule has 46 heavy (non-hydrogen) atoms. The number of ether oxygens (including phenoxy) is 2. The largest absolute Gasteiger partial charge is 0.462 e. The molecule has 5 rings (SSSR count). The van der Waals surface area contributed by atoms with Crippen LogP contribution in [-0.2, 0) is 23.9 Å². The van der Waals surface area contributed by atoms with Gasteiger partial charge >= 0.3 is 11.9 Å².